The van der Waals surface area contributed by atoms with Gasteiger partial charge in [-0.05, 0) is 55.7 Å². The molecule has 0 spiro atoms. The molecule has 0 atom stereocenters. The van der Waals surface area contributed by atoms with Crippen LogP contribution in [0.1, 0.15) is 43.7 Å². The lowest BCUT2D eigenvalue weighted by Crippen LogP contribution is -2.47. The van der Waals surface area contributed by atoms with Gasteiger partial charge in [-0.25, -0.2) is 4.99 Å². The Morgan fingerprint density at radius 1 is 1.26 bits per heavy atom. The summed E-state index contributed by atoms with van der Waals surface area (Å²) in [6.07, 6.45) is 5.02. The van der Waals surface area contributed by atoms with Gasteiger partial charge in [0.25, 0.3) is 0 Å². The highest BCUT2D eigenvalue weighted by molar-refractivity contribution is 14.0. The highest BCUT2D eigenvalue weighted by atomic mass is 127. The maximum atomic E-state index is 5.30. The molecule has 2 N–H and O–H groups in total. The zero-order valence-corrected chi connectivity index (χ0v) is 19.9. The Morgan fingerprint density at radius 3 is 2.56 bits per heavy atom. The number of rotatable bonds is 9. The molecule has 2 rings (SSSR count). The molecule has 0 bridgehead atoms. The van der Waals surface area contributed by atoms with Crippen molar-refractivity contribution in [2.75, 3.05) is 45.8 Å². The largest absolute Gasteiger partial charge is 0.385 e. The SMILES string of the molecule is CCNC(=NCc1ccc(C)cc1N(C)C)NCC1(CCOC)CCC1.I. The number of benzene rings is 1. The minimum atomic E-state index is 0. The van der Waals surface area contributed by atoms with Crippen molar-refractivity contribution in [3.63, 3.8) is 0 Å². The first-order valence-corrected chi connectivity index (χ1v) is 9.77. The van der Waals surface area contributed by atoms with Crippen molar-refractivity contribution < 1.29 is 4.74 Å². The second kappa shape index (κ2) is 11.7. The van der Waals surface area contributed by atoms with Crippen LogP contribution < -0.4 is 15.5 Å². The summed E-state index contributed by atoms with van der Waals surface area (Å²) in [6, 6.07) is 6.56. The number of aliphatic imine (C=N–C) groups is 1. The van der Waals surface area contributed by atoms with Crippen LogP contribution in [0, 0.1) is 12.3 Å². The second-order valence-corrected chi connectivity index (χ2v) is 7.67. The minimum Gasteiger partial charge on any atom is -0.385 e. The number of halogens is 1. The zero-order chi connectivity index (χ0) is 19.0. The maximum absolute atomic E-state index is 5.30. The van der Waals surface area contributed by atoms with Gasteiger partial charge in [-0.15, -0.1) is 24.0 Å². The molecule has 154 valence electrons. The summed E-state index contributed by atoms with van der Waals surface area (Å²) >= 11 is 0. The number of ether oxygens (including phenoxy) is 1. The number of nitrogens with one attached hydrogen (secondary N) is 2. The lowest BCUT2D eigenvalue weighted by Gasteiger charge is -2.42. The minimum absolute atomic E-state index is 0. The van der Waals surface area contributed by atoms with Crippen LogP contribution >= 0.6 is 24.0 Å². The predicted molar refractivity (Wildman–Crippen MR) is 127 cm³/mol. The molecule has 1 aromatic rings. The second-order valence-electron chi connectivity index (χ2n) is 7.67. The fourth-order valence-electron chi connectivity index (χ4n) is 3.51. The van der Waals surface area contributed by atoms with Crippen LogP contribution in [0.3, 0.4) is 0 Å². The average Bonchev–Trinajstić information content (AvgIpc) is 2.58. The number of guanidine groups is 1. The van der Waals surface area contributed by atoms with Crippen molar-refractivity contribution in [1.29, 1.82) is 0 Å². The van der Waals surface area contributed by atoms with Crippen molar-refractivity contribution in [2.45, 2.75) is 46.1 Å². The Morgan fingerprint density at radius 2 is 2.00 bits per heavy atom. The van der Waals surface area contributed by atoms with Gasteiger partial charge in [0.1, 0.15) is 0 Å². The van der Waals surface area contributed by atoms with Crippen molar-refractivity contribution >= 4 is 35.6 Å². The number of hydrogen-bond donors (Lipinski definition) is 2. The van der Waals surface area contributed by atoms with Gasteiger partial charge in [-0.1, -0.05) is 18.6 Å². The summed E-state index contributed by atoms with van der Waals surface area (Å²) in [4.78, 5) is 6.99. The Balaban J connectivity index is 0.00000364. The van der Waals surface area contributed by atoms with E-state index in [9.17, 15) is 0 Å². The molecule has 27 heavy (non-hydrogen) atoms. The molecule has 1 aliphatic rings. The molecule has 6 heteroatoms. The predicted octanol–water partition coefficient (Wildman–Crippen LogP) is 3.94. The third-order valence-corrected chi connectivity index (χ3v) is 5.36. The van der Waals surface area contributed by atoms with Crippen molar-refractivity contribution in [1.82, 2.24) is 10.6 Å². The van der Waals surface area contributed by atoms with Crippen LogP contribution in [0.4, 0.5) is 5.69 Å². The van der Waals surface area contributed by atoms with Gasteiger partial charge in [-0.2, -0.15) is 0 Å². The Kier molecular flexibility index (Phi) is 10.4. The van der Waals surface area contributed by atoms with E-state index in [0.717, 1.165) is 32.1 Å². The van der Waals surface area contributed by atoms with Gasteiger partial charge in [0, 0.05) is 46.6 Å². The fraction of sp³-hybridized carbons (Fsp3) is 0.667. The van der Waals surface area contributed by atoms with Gasteiger partial charge in [0.2, 0.25) is 0 Å². The number of nitrogens with zero attached hydrogens (tertiary/aromatic N) is 2. The van der Waals surface area contributed by atoms with Crippen LogP contribution in [-0.4, -0.2) is 46.9 Å². The molecule has 1 aliphatic carbocycles. The van der Waals surface area contributed by atoms with E-state index in [1.165, 1.54) is 36.1 Å². The van der Waals surface area contributed by atoms with Gasteiger partial charge in [-0.3, -0.25) is 0 Å². The number of methoxy groups -OCH3 is 1. The quantitative estimate of drug-likeness (QED) is 0.314. The summed E-state index contributed by atoms with van der Waals surface area (Å²) in [7, 11) is 5.96. The lowest BCUT2D eigenvalue weighted by atomic mass is 9.67. The molecule has 0 aliphatic heterocycles. The fourth-order valence-corrected chi connectivity index (χ4v) is 3.51. The highest BCUT2D eigenvalue weighted by Crippen LogP contribution is 2.43. The zero-order valence-electron chi connectivity index (χ0n) is 17.6. The van der Waals surface area contributed by atoms with E-state index in [4.69, 9.17) is 9.73 Å². The van der Waals surface area contributed by atoms with E-state index in [2.05, 4.69) is 61.7 Å². The van der Waals surface area contributed by atoms with Crippen molar-refractivity contribution in [3.8, 4) is 0 Å². The van der Waals surface area contributed by atoms with E-state index >= 15 is 0 Å². The summed E-state index contributed by atoms with van der Waals surface area (Å²) in [6.45, 7) is 7.59. The first-order chi connectivity index (χ1) is 12.5. The Bertz CT molecular complexity index is 600. The number of hydrogen-bond acceptors (Lipinski definition) is 3. The molecule has 1 aromatic carbocycles. The third kappa shape index (κ3) is 7.14. The normalized spacial score (nSPS) is 15.5. The summed E-state index contributed by atoms with van der Waals surface area (Å²) < 4.78 is 5.30. The maximum Gasteiger partial charge on any atom is 0.191 e. The lowest BCUT2D eigenvalue weighted by molar-refractivity contribution is 0.0732. The van der Waals surface area contributed by atoms with Gasteiger partial charge in [0.05, 0.1) is 6.54 Å². The van der Waals surface area contributed by atoms with Crippen LogP contribution in [0.15, 0.2) is 23.2 Å². The standard InChI is InChI=1S/C21H36N4O.HI/c1-6-22-20(24-16-21(10-7-11-21)12-13-26-5)23-15-18-9-8-17(2)14-19(18)25(3)4;/h8-9,14H,6-7,10-13,15-16H2,1-5H3,(H2,22,23,24);1H. The third-order valence-electron chi connectivity index (χ3n) is 5.36. The topological polar surface area (TPSA) is 48.9 Å². The smallest absolute Gasteiger partial charge is 0.191 e. The first kappa shape index (κ1) is 24.0. The molecular weight excluding hydrogens is 451 g/mol. The highest BCUT2D eigenvalue weighted by Gasteiger charge is 2.36. The molecule has 0 saturated heterocycles. The van der Waals surface area contributed by atoms with Gasteiger partial charge >= 0.3 is 0 Å². The van der Waals surface area contributed by atoms with Crippen LogP contribution in [0.5, 0.6) is 0 Å². The average molecular weight is 488 g/mol. The molecule has 1 fully saturated rings. The van der Waals surface area contributed by atoms with Crippen LogP contribution in [0.25, 0.3) is 0 Å². The van der Waals surface area contributed by atoms with E-state index in [0.29, 0.717) is 12.0 Å². The molecule has 0 aromatic heterocycles. The molecular formula is C21H37IN4O. The molecule has 0 unspecified atom stereocenters. The molecule has 5 nitrogen and oxygen atoms in total. The Hall–Kier alpha value is -1.02. The molecule has 0 amide bonds. The molecule has 0 radical (unpaired) electrons. The molecule has 0 heterocycles. The van der Waals surface area contributed by atoms with Crippen molar-refractivity contribution in [3.05, 3.63) is 29.3 Å². The summed E-state index contributed by atoms with van der Waals surface area (Å²) in [5, 5.41) is 6.96. The summed E-state index contributed by atoms with van der Waals surface area (Å²) in [5.41, 5.74) is 4.14. The van der Waals surface area contributed by atoms with Crippen LogP contribution in [-0.2, 0) is 11.3 Å². The number of aryl methyl sites for hydroxylation is 1. The van der Waals surface area contributed by atoms with E-state index in [-0.39, 0.29) is 24.0 Å². The van der Waals surface area contributed by atoms with Crippen LogP contribution in [0.2, 0.25) is 0 Å². The van der Waals surface area contributed by atoms with E-state index < -0.39 is 0 Å². The first-order valence-electron chi connectivity index (χ1n) is 9.77. The Labute approximate surface area is 182 Å². The van der Waals surface area contributed by atoms with Gasteiger partial charge < -0.3 is 20.3 Å². The van der Waals surface area contributed by atoms with E-state index in [1.54, 1.807) is 7.11 Å². The van der Waals surface area contributed by atoms with Crippen molar-refractivity contribution in [2.24, 2.45) is 10.4 Å². The monoisotopic (exact) mass is 488 g/mol. The van der Waals surface area contributed by atoms with Gasteiger partial charge in [0.15, 0.2) is 5.96 Å². The van der Waals surface area contributed by atoms with E-state index in [1.807, 2.05) is 0 Å². The summed E-state index contributed by atoms with van der Waals surface area (Å²) in [5.74, 6) is 0.904. The molecule has 1 saturated carbocycles. The number of anilines is 1.